The minimum absolute atomic E-state index is 0.112. The highest BCUT2D eigenvalue weighted by molar-refractivity contribution is 7.22. The zero-order valence-corrected chi connectivity index (χ0v) is 20.0. The molecule has 2 saturated heterocycles. The number of aromatic nitrogens is 1. The molecule has 178 valence electrons. The zero-order chi connectivity index (χ0) is 23.7. The molecule has 34 heavy (non-hydrogen) atoms. The highest BCUT2D eigenvalue weighted by Gasteiger charge is 2.38. The Bertz CT molecular complexity index is 1200. The van der Waals surface area contributed by atoms with Crippen LogP contribution in [0.3, 0.4) is 0 Å². The summed E-state index contributed by atoms with van der Waals surface area (Å²) in [6, 6.07) is 11.2. The third-order valence-corrected chi connectivity index (χ3v) is 7.47. The number of carbonyl (C=O) groups excluding carboxylic acids is 2. The van der Waals surface area contributed by atoms with Crippen molar-refractivity contribution in [2.24, 2.45) is 5.92 Å². The molecule has 0 radical (unpaired) electrons. The molecule has 5 rings (SSSR count). The van der Waals surface area contributed by atoms with Crippen molar-refractivity contribution in [1.29, 1.82) is 0 Å². The van der Waals surface area contributed by atoms with Gasteiger partial charge in [-0.15, -0.1) is 0 Å². The fourth-order valence-corrected chi connectivity index (χ4v) is 5.61. The van der Waals surface area contributed by atoms with E-state index in [4.69, 9.17) is 21.3 Å². The largest absolute Gasteiger partial charge is 0.379 e. The van der Waals surface area contributed by atoms with Gasteiger partial charge in [0, 0.05) is 49.9 Å². The molecule has 0 N–H and O–H groups in total. The van der Waals surface area contributed by atoms with Gasteiger partial charge in [0.1, 0.15) is 5.82 Å². The summed E-state index contributed by atoms with van der Waals surface area (Å²) in [7, 11) is 0. The number of rotatable bonds is 6. The first-order valence-electron chi connectivity index (χ1n) is 11.2. The molecule has 1 aromatic heterocycles. The van der Waals surface area contributed by atoms with Crippen LogP contribution in [0.1, 0.15) is 6.42 Å². The van der Waals surface area contributed by atoms with E-state index in [-0.39, 0.29) is 30.6 Å². The van der Waals surface area contributed by atoms with Crippen molar-refractivity contribution >= 4 is 55.8 Å². The highest BCUT2D eigenvalue weighted by atomic mass is 35.5. The predicted molar refractivity (Wildman–Crippen MR) is 131 cm³/mol. The van der Waals surface area contributed by atoms with E-state index < -0.39 is 5.92 Å². The van der Waals surface area contributed by atoms with Crippen LogP contribution in [0, 0.1) is 11.7 Å². The molecular formula is C24H24ClFN4O3S. The molecule has 10 heteroatoms. The molecule has 2 aromatic carbocycles. The normalized spacial score (nSPS) is 19.2. The minimum atomic E-state index is -0.502. The van der Waals surface area contributed by atoms with E-state index in [0.29, 0.717) is 42.1 Å². The fraction of sp³-hybridized carbons (Fsp3) is 0.375. The molecule has 0 bridgehead atoms. The van der Waals surface area contributed by atoms with Gasteiger partial charge in [-0.25, -0.2) is 9.37 Å². The smallest absolute Gasteiger partial charge is 0.234 e. The van der Waals surface area contributed by atoms with Crippen molar-refractivity contribution in [1.82, 2.24) is 9.88 Å². The van der Waals surface area contributed by atoms with E-state index in [9.17, 15) is 14.0 Å². The van der Waals surface area contributed by atoms with Gasteiger partial charge in [0.15, 0.2) is 5.13 Å². The van der Waals surface area contributed by atoms with E-state index in [1.54, 1.807) is 28.0 Å². The molecular weight excluding hydrogens is 479 g/mol. The van der Waals surface area contributed by atoms with Gasteiger partial charge >= 0.3 is 0 Å². The van der Waals surface area contributed by atoms with E-state index >= 15 is 0 Å². The lowest BCUT2D eigenvalue weighted by molar-refractivity contribution is -0.124. The van der Waals surface area contributed by atoms with E-state index in [1.807, 2.05) is 12.1 Å². The third-order valence-electron chi connectivity index (χ3n) is 6.19. The number of amides is 2. The van der Waals surface area contributed by atoms with Gasteiger partial charge in [-0.05, 0) is 42.5 Å². The summed E-state index contributed by atoms with van der Waals surface area (Å²) >= 11 is 7.57. The third kappa shape index (κ3) is 4.93. The van der Waals surface area contributed by atoms with Gasteiger partial charge in [0.2, 0.25) is 11.8 Å². The monoisotopic (exact) mass is 502 g/mol. The maximum Gasteiger partial charge on any atom is 0.234 e. The van der Waals surface area contributed by atoms with Crippen LogP contribution in [-0.4, -0.2) is 67.6 Å². The van der Waals surface area contributed by atoms with Crippen molar-refractivity contribution < 1.29 is 18.7 Å². The van der Waals surface area contributed by atoms with Crippen molar-refractivity contribution in [2.45, 2.75) is 6.42 Å². The number of hydrogen-bond donors (Lipinski definition) is 0. The molecule has 0 aliphatic carbocycles. The lowest BCUT2D eigenvalue weighted by Gasteiger charge is -2.30. The molecule has 7 nitrogen and oxygen atoms in total. The summed E-state index contributed by atoms with van der Waals surface area (Å²) in [5, 5.41) is 1.22. The number of anilines is 2. The average Bonchev–Trinajstić information content (AvgIpc) is 3.43. The summed E-state index contributed by atoms with van der Waals surface area (Å²) < 4.78 is 19.7. The summed E-state index contributed by atoms with van der Waals surface area (Å²) in [5.41, 5.74) is 1.38. The molecule has 3 aromatic rings. The Balaban J connectivity index is 1.38. The summed E-state index contributed by atoms with van der Waals surface area (Å²) in [5.74, 6) is -1.14. The van der Waals surface area contributed by atoms with Crippen LogP contribution in [-0.2, 0) is 14.3 Å². The molecule has 2 amide bonds. The fourth-order valence-electron chi connectivity index (χ4n) is 4.33. The summed E-state index contributed by atoms with van der Waals surface area (Å²) in [6.07, 6.45) is 0.112. The van der Waals surface area contributed by atoms with Gasteiger partial charge in [-0.3, -0.25) is 19.4 Å². The van der Waals surface area contributed by atoms with Crippen LogP contribution in [0.4, 0.5) is 15.2 Å². The molecule has 3 heterocycles. The first kappa shape index (κ1) is 23.2. The van der Waals surface area contributed by atoms with Crippen molar-refractivity contribution in [3.05, 3.63) is 53.3 Å². The molecule has 2 aliphatic heterocycles. The Morgan fingerprint density at radius 3 is 2.74 bits per heavy atom. The minimum Gasteiger partial charge on any atom is -0.379 e. The van der Waals surface area contributed by atoms with Gasteiger partial charge in [-0.1, -0.05) is 22.9 Å². The predicted octanol–water partition coefficient (Wildman–Crippen LogP) is 3.81. The molecule has 1 unspecified atom stereocenters. The number of morpholine rings is 1. The second-order valence-electron chi connectivity index (χ2n) is 8.43. The van der Waals surface area contributed by atoms with E-state index in [2.05, 4.69) is 4.90 Å². The number of hydrogen-bond acceptors (Lipinski definition) is 6. The number of carbonyl (C=O) groups is 2. The van der Waals surface area contributed by atoms with Crippen LogP contribution < -0.4 is 9.80 Å². The van der Waals surface area contributed by atoms with Gasteiger partial charge in [0.05, 0.1) is 29.3 Å². The van der Waals surface area contributed by atoms with E-state index in [0.717, 1.165) is 23.3 Å². The maximum absolute atomic E-state index is 13.7. The molecule has 1 atom stereocenters. The second-order valence-corrected chi connectivity index (χ2v) is 9.88. The average molecular weight is 503 g/mol. The Morgan fingerprint density at radius 2 is 1.97 bits per heavy atom. The topological polar surface area (TPSA) is 66.0 Å². The van der Waals surface area contributed by atoms with Gasteiger partial charge < -0.3 is 9.64 Å². The Morgan fingerprint density at radius 1 is 1.21 bits per heavy atom. The van der Waals surface area contributed by atoms with Crippen LogP contribution in [0.5, 0.6) is 0 Å². The first-order chi connectivity index (χ1) is 16.5. The van der Waals surface area contributed by atoms with Gasteiger partial charge in [-0.2, -0.15) is 0 Å². The highest BCUT2D eigenvalue weighted by Crippen LogP contribution is 2.33. The summed E-state index contributed by atoms with van der Waals surface area (Å²) in [4.78, 5) is 36.7. The molecule has 2 aliphatic rings. The van der Waals surface area contributed by atoms with Crippen molar-refractivity contribution in [3.8, 4) is 0 Å². The zero-order valence-electron chi connectivity index (χ0n) is 18.5. The van der Waals surface area contributed by atoms with Crippen LogP contribution in [0.15, 0.2) is 42.5 Å². The maximum atomic E-state index is 13.7. The number of fused-ring (bicyclic) bond motifs is 1. The lowest BCUT2D eigenvalue weighted by Crippen LogP contribution is -2.45. The van der Waals surface area contributed by atoms with Crippen LogP contribution >= 0.6 is 22.9 Å². The molecule has 2 fully saturated rings. The Hall–Kier alpha value is -2.59. The molecule has 0 spiro atoms. The Labute approximate surface area is 205 Å². The van der Waals surface area contributed by atoms with Crippen LogP contribution in [0.2, 0.25) is 5.02 Å². The Kier molecular flexibility index (Phi) is 6.78. The number of benzene rings is 2. The number of ether oxygens (including phenoxy) is 1. The quantitative estimate of drug-likeness (QED) is 0.513. The van der Waals surface area contributed by atoms with Crippen molar-refractivity contribution in [3.63, 3.8) is 0 Å². The summed E-state index contributed by atoms with van der Waals surface area (Å²) in [6.45, 7) is 4.40. The van der Waals surface area contributed by atoms with Crippen LogP contribution in [0.25, 0.3) is 10.2 Å². The molecule has 0 saturated carbocycles. The SMILES string of the molecule is O=C1CC(C(=O)N(CCN2CCOCC2)c2nc3ccc(Cl)cc3s2)CN1c1ccc(F)cc1. The number of thiazole rings is 1. The second kappa shape index (κ2) is 9.95. The number of nitrogens with zero attached hydrogens (tertiary/aromatic N) is 4. The van der Waals surface area contributed by atoms with Crippen molar-refractivity contribution in [2.75, 3.05) is 55.7 Å². The first-order valence-corrected chi connectivity index (χ1v) is 12.4. The standard InChI is InChI=1S/C24H24ClFN4O3S/c25-17-1-6-20-21(14-17)34-24(27-20)29(8-7-28-9-11-33-12-10-28)23(32)16-13-22(31)30(15-16)19-4-2-18(26)3-5-19/h1-6,14,16H,7-13,15H2. The number of halogens is 2. The van der Waals surface area contributed by atoms with Gasteiger partial charge in [0.25, 0.3) is 0 Å². The van der Waals surface area contributed by atoms with E-state index in [1.165, 1.54) is 23.5 Å². The lowest BCUT2D eigenvalue weighted by atomic mass is 10.1.